The molecule has 0 saturated heterocycles. The highest BCUT2D eigenvalue weighted by Gasteiger charge is 2.00. The second-order valence-electron chi connectivity index (χ2n) is 1.43. The lowest BCUT2D eigenvalue weighted by Gasteiger charge is -1.89. The van der Waals surface area contributed by atoms with Crippen LogP contribution in [-0.2, 0) is 10.1 Å². The topological polar surface area (TPSA) is 54.4 Å². The predicted molar refractivity (Wildman–Crippen MR) is 55.6 cm³/mol. The summed E-state index contributed by atoms with van der Waals surface area (Å²) in [6.07, 6.45) is 0.306. The molecule has 0 rings (SSSR count). The maximum absolute atomic E-state index is 9.89. The SMILES string of the molecule is Cl.ClCCl.O=S(=O)(O)CCCCl. The summed E-state index contributed by atoms with van der Waals surface area (Å²) in [5.41, 5.74) is 0. The monoisotopic (exact) mass is 278 g/mol. The second-order valence-corrected chi connectivity index (χ2v) is 4.19. The average molecular weight is 280 g/mol. The summed E-state index contributed by atoms with van der Waals surface area (Å²) in [6.45, 7) is 0. The summed E-state index contributed by atoms with van der Waals surface area (Å²) in [5.74, 6) is 0.0241. The summed E-state index contributed by atoms with van der Waals surface area (Å²) in [4.78, 5) is 0. The van der Waals surface area contributed by atoms with Gasteiger partial charge in [-0.15, -0.1) is 47.2 Å². The van der Waals surface area contributed by atoms with Crippen LogP contribution in [0.5, 0.6) is 0 Å². The minimum atomic E-state index is -3.77. The van der Waals surface area contributed by atoms with Crippen molar-refractivity contribution in [3.05, 3.63) is 0 Å². The number of hydrogen-bond acceptors (Lipinski definition) is 2. The van der Waals surface area contributed by atoms with Gasteiger partial charge in [0.1, 0.15) is 0 Å². The minimum Gasteiger partial charge on any atom is -0.286 e. The van der Waals surface area contributed by atoms with E-state index in [-0.39, 0.29) is 29.4 Å². The van der Waals surface area contributed by atoms with Gasteiger partial charge in [0.2, 0.25) is 0 Å². The van der Waals surface area contributed by atoms with Crippen LogP contribution in [0.3, 0.4) is 0 Å². The third-order valence-corrected chi connectivity index (χ3v) is 1.61. The summed E-state index contributed by atoms with van der Waals surface area (Å²) >= 11 is 14.7. The quantitative estimate of drug-likeness (QED) is 0.637. The lowest BCUT2D eigenvalue weighted by atomic mass is 10.6. The molecule has 0 aromatic heterocycles. The zero-order chi connectivity index (χ0) is 9.33. The first-order chi connectivity index (χ1) is 4.97. The Morgan fingerprint density at radius 1 is 1.17 bits per heavy atom. The first-order valence-electron chi connectivity index (χ1n) is 2.61. The second kappa shape index (κ2) is 12.1. The molecule has 78 valence electrons. The maximum Gasteiger partial charge on any atom is 0.264 e. The van der Waals surface area contributed by atoms with Gasteiger partial charge in [-0.05, 0) is 6.42 Å². The molecule has 0 heterocycles. The van der Waals surface area contributed by atoms with Crippen LogP contribution < -0.4 is 0 Å². The molecule has 0 atom stereocenters. The van der Waals surface area contributed by atoms with E-state index in [1.807, 2.05) is 0 Å². The molecular weight excluding hydrogens is 270 g/mol. The van der Waals surface area contributed by atoms with Gasteiger partial charge in [0, 0.05) is 5.88 Å². The van der Waals surface area contributed by atoms with Crippen LogP contribution in [0.25, 0.3) is 0 Å². The van der Waals surface area contributed by atoms with E-state index in [4.69, 9.17) is 39.4 Å². The lowest BCUT2D eigenvalue weighted by molar-refractivity contribution is 0.482. The molecule has 0 aromatic rings. The van der Waals surface area contributed by atoms with Gasteiger partial charge in [-0.1, -0.05) is 0 Å². The Morgan fingerprint density at radius 3 is 1.58 bits per heavy atom. The van der Waals surface area contributed by atoms with Gasteiger partial charge in [0.05, 0.1) is 11.1 Å². The number of hydrogen-bond donors (Lipinski definition) is 1. The molecule has 0 fully saturated rings. The highest BCUT2D eigenvalue weighted by molar-refractivity contribution is 7.85. The molecule has 12 heavy (non-hydrogen) atoms. The molecule has 0 aromatic carbocycles. The molecule has 3 nitrogen and oxygen atoms in total. The van der Waals surface area contributed by atoms with E-state index in [1.165, 1.54) is 0 Å². The highest BCUT2D eigenvalue weighted by Crippen LogP contribution is 1.89. The van der Waals surface area contributed by atoms with Gasteiger partial charge in [-0.3, -0.25) is 4.55 Å². The molecule has 0 unspecified atom stereocenters. The zero-order valence-electron chi connectivity index (χ0n) is 6.04. The van der Waals surface area contributed by atoms with E-state index >= 15 is 0 Å². The van der Waals surface area contributed by atoms with Gasteiger partial charge in [0.25, 0.3) is 10.1 Å². The lowest BCUT2D eigenvalue weighted by Crippen LogP contribution is -2.03. The van der Waals surface area contributed by atoms with Crippen LogP contribution in [0.2, 0.25) is 0 Å². The molecular formula is C4H10Cl4O3S. The van der Waals surface area contributed by atoms with Crippen LogP contribution in [0.15, 0.2) is 0 Å². The maximum atomic E-state index is 9.89. The van der Waals surface area contributed by atoms with Crippen molar-refractivity contribution >= 4 is 57.3 Å². The molecule has 0 aliphatic carbocycles. The highest BCUT2D eigenvalue weighted by atomic mass is 35.5. The number of halogens is 4. The fourth-order valence-electron chi connectivity index (χ4n) is 0.237. The molecule has 0 amide bonds. The van der Waals surface area contributed by atoms with E-state index in [9.17, 15) is 8.42 Å². The summed E-state index contributed by atoms with van der Waals surface area (Å²) in [5, 5.41) is 0.194. The molecule has 0 saturated carbocycles. The van der Waals surface area contributed by atoms with Crippen molar-refractivity contribution in [2.45, 2.75) is 6.42 Å². The standard InChI is InChI=1S/C3H7ClO3S.CH2Cl2.ClH/c4-2-1-3-8(5,6)7;2-1-3;/h1-3H2,(H,5,6,7);1H2;1H. The van der Waals surface area contributed by atoms with E-state index in [0.717, 1.165) is 0 Å². The Morgan fingerprint density at radius 2 is 1.50 bits per heavy atom. The van der Waals surface area contributed by atoms with Gasteiger partial charge in [-0.25, -0.2) is 0 Å². The van der Waals surface area contributed by atoms with Crippen LogP contribution in [0.1, 0.15) is 6.42 Å². The molecule has 1 N–H and O–H groups in total. The van der Waals surface area contributed by atoms with Crippen molar-refractivity contribution in [2.24, 2.45) is 0 Å². The smallest absolute Gasteiger partial charge is 0.264 e. The van der Waals surface area contributed by atoms with Crippen molar-refractivity contribution in [3.8, 4) is 0 Å². The summed E-state index contributed by atoms with van der Waals surface area (Å²) in [7, 11) is -3.77. The van der Waals surface area contributed by atoms with E-state index in [1.54, 1.807) is 0 Å². The minimum absolute atomic E-state index is 0. The van der Waals surface area contributed by atoms with Crippen LogP contribution >= 0.6 is 47.2 Å². The fourth-order valence-corrected chi connectivity index (χ4v) is 1.04. The molecule has 0 aliphatic rings. The average Bonchev–Trinajstić information content (AvgIpc) is 1.84. The number of rotatable bonds is 3. The van der Waals surface area contributed by atoms with Gasteiger partial charge in [0.15, 0.2) is 0 Å². The molecule has 0 bridgehead atoms. The van der Waals surface area contributed by atoms with Crippen LogP contribution in [-0.4, -0.2) is 29.9 Å². The van der Waals surface area contributed by atoms with Crippen LogP contribution in [0.4, 0.5) is 0 Å². The van der Waals surface area contributed by atoms with Crippen molar-refractivity contribution in [1.29, 1.82) is 0 Å². The zero-order valence-corrected chi connectivity index (χ0v) is 9.94. The van der Waals surface area contributed by atoms with Gasteiger partial charge in [-0.2, -0.15) is 8.42 Å². The number of alkyl halides is 3. The Balaban J connectivity index is -0.000000177. The van der Waals surface area contributed by atoms with Crippen molar-refractivity contribution in [1.82, 2.24) is 0 Å². The van der Waals surface area contributed by atoms with E-state index in [0.29, 0.717) is 6.42 Å². The third-order valence-electron chi connectivity index (χ3n) is 0.536. The Bertz CT molecular complexity index is 158. The predicted octanol–water partition coefficient (Wildman–Crippen LogP) is 2.35. The Kier molecular flexibility index (Phi) is 18.9. The Labute approximate surface area is 93.5 Å². The van der Waals surface area contributed by atoms with Gasteiger partial charge >= 0.3 is 0 Å². The van der Waals surface area contributed by atoms with Crippen molar-refractivity contribution in [2.75, 3.05) is 17.0 Å². The summed E-state index contributed by atoms with van der Waals surface area (Å²) < 4.78 is 27.8. The first-order valence-corrected chi connectivity index (χ1v) is 5.82. The molecule has 0 spiro atoms. The van der Waals surface area contributed by atoms with Crippen molar-refractivity contribution in [3.63, 3.8) is 0 Å². The molecule has 8 heteroatoms. The fraction of sp³-hybridized carbons (Fsp3) is 1.00. The molecule has 0 aliphatic heterocycles. The molecule has 0 radical (unpaired) electrons. The summed E-state index contributed by atoms with van der Waals surface area (Å²) in [6, 6.07) is 0. The van der Waals surface area contributed by atoms with Gasteiger partial charge < -0.3 is 0 Å². The Hall–Kier alpha value is 1.07. The first kappa shape index (κ1) is 18.8. The third kappa shape index (κ3) is 30.5. The van der Waals surface area contributed by atoms with Crippen LogP contribution in [0, 0.1) is 0 Å². The largest absolute Gasteiger partial charge is 0.286 e. The normalized spacial score (nSPS) is 9.33. The van der Waals surface area contributed by atoms with E-state index < -0.39 is 10.1 Å². The van der Waals surface area contributed by atoms with Crippen molar-refractivity contribution < 1.29 is 13.0 Å². The van der Waals surface area contributed by atoms with E-state index in [2.05, 4.69) is 0 Å².